The molecule has 2 aliphatic heterocycles. The van der Waals surface area contributed by atoms with Gasteiger partial charge in [-0.3, -0.25) is 9.69 Å². The van der Waals surface area contributed by atoms with Gasteiger partial charge in [0.15, 0.2) is 11.5 Å². The van der Waals surface area contributed by atoms with Crippen molar-refractivity contribution in [3.8, 4) is 11.5 Å². The number of morpholine rings is 1. The molecule has 1 saturated heterocycles. The maximum absolute atomic E-state index is 13.8. The van der Waals surface area contributed by atoms with E-state index in [4.69, 9.17) is 14.2 Å². The first-order valence-electron chi connectivity index (χ1n) is 10.9. The molecule has 1 fully saturated rings. The first kappa shape index (κ1) is 20.9. The van der Waals surface area contributed by atoms with E-state index in [1.165, 1.54) is 12.1 Å². The van der Waals surface area contributed by atoms with Gasteiger partial charge in [0.05, 0.1) is 25.3 Å². The Morgan fingerprint density at radius 1 is 1.03 bits per heavy atom. The zero-order valence-corrected chi connectivity index (χ0v) is 17.8. The lowest BCUT2D eigenvalue weighted by molar-refractivity contribution is 0.0384. The third kappa shape index (κ3) is 4.48. The van der Waals surface area contributed by atoms with E-state index in [0.717, 1.165) is 55.9 Å². The van der Waals surface area contributed by atoms with Crippen LogP contribution >= 0.6 is 0 Å². The molecule has 1 N–H and O–H groups in total. The Morgan fingerprint density at radius 3 is 2.66 bits per heavy atom. The van der Waals surface area contributed by atoms with Crippen molar-refractivity contribution in [2.45, 2.75) is 13.1 Å². The van der Waals surface area contributed by atoms with Crippen LogP contribution in [-0.2, 0) is 17.8 Å². The van der Waals surface area contributed by atoms with E-state index < -0.39 is 0 Å². The molecule has 0 spiro atoms. The molecule has 0 aliphatic carbocycles. The molecule has 0 atom stereocenters. The number of ether oxygens (including phenoxy) is 3. The van der Waals surface area contributed by atoms with Crippen LogP contribution < -0.4 is 20.3 Å². The van der Waals surface area contributed by atoms with Gasteiger partial charge in [0.2, 0.25) is 6.79 Å². The molecule has 0 saturated carbocycles. The van der Waals surface area contributed by atoms with Crippen molar-refractivity contribution in [1.82, 2.24) is 14.8 Å². The number of hydrogen-bond acceptors (Lipinski definition) is 6. The maximum Gasteiger partial charge on any atom is 0.255 e. The van der Waals surface area contributed by atoms with Gasteiger partial charge in [-0.2, -0.15) is 0 Å². The van der Waals surface area contributed by atoms with E-state index in [0.29, 0.717) is 23.6 Å². The lowest BCUT2D eigenvalue weighted by Gasteiger charge is -2.26. The monoisotopic (exact) mass is 439 g/mol. The predicted molar refractivity (Wildman–Crippen MR) is 119 cm³/mol. The van der Waals surface area contributed by atoms with Crippen molar-refractivity contribution >= 4 is 10.9 Å². The van der Waals surface area contributed by atoms with Crippen molar-refractivity contribution in [1.29, 1.82) is 0 Å². The Balaban J connectivity index is 1.42. The highest BCUT2D eigenvalue weighted by Gasteiger charge is 2.18. The Kier molecular flexibility index (Phi) is 6.07. The van der Waals surface area contributed by atoms with E-state index in [2.05, 4.69) is 10.2 Å². The molecule has 0 unspecified atom stereocenters. The van der Waals surface area contributed by atoms with E-state index in [1.54, 1.807) is 10.6 Å². The largest absolute Gasteiger partial charge is 0.454 e. The first-order valence-corrected chi connectivity index (χ1v) is 10.9. The Morgan fingerprint density at radius 2 is 1.84 bits per heavy atom. The summed E-state index contributed by atoms with van der Waals surface area (Å²) < 4.78 is 31.9. The summed E-state index contributed by atoms with van der Waals surface area (Å²) in [5, 5.41) is 4.28. The Labute approximate surface area is 185 Å². The summed E-state index contributed by atoms with van der Waals surface area (Å²) in [4.78, 5) is 15.7. The predicted octanol–water partition coefficient (Wildman–Crippen LogP) is 2.34. The lowest BCUT2D eigenvalue weighted by atomic mass is 10.1. The topological polar surface area (TPSA) is 65.0 Å². The summed E-state index contributed by atoms with van der Waals surface area (Å²) >= 11 is 0. The van der Waals surface area contributed by atoms with Crippen LogP contribution in [0.1, 0.15) is 11.1 Å². The third-order valence-corrected chi connectivity index (χ3v) is 5.92. The van der Waals surface area contributed by atoms with Crippen molar-refractivity contribution in [3.05, 3.63) is 69.8 Å². The SMILES string of the molecule is O=c1c(CNCCN2CCOCC2)cc2cc3c(cc2n1Cc1cccc(F)c1)OCO3. The highest BCUT2D eigenvalue weighted by molar-refractivity contribution is 5.84. The van der Waals surface area contributed by atoms with Gasteiger partial charge in [-0.1, -0.05) is 12.1 Å². The van der Waals surface area contributed by atoms with Crippen molar-refractivity contribution in [2.24, 2.45) is 0 Å². The number of halogens is 1. The molecular formula is C24H26FN3O4. The summed E-state index contributed by atoms with van der Waals surface area (Å²) in [6.45, 7) is 5.99. The Bertz CT molecular complexity index is 1170. The fraction of sp³-hybridized carbons (Fsp3) is 0.375. The molecule has 3 heterocycles. The number of hydrogen-bond donors (Lipinski definition) is 1. The van der Waals surface area contributed by atoms with Crippen LogP contribution in [0, 0.1) is 5.82 Å². The quantitative estimate of drug-likeness (QED) is 0.570. The number of aromatic nitrogens is 1. The van der Waals surface area contributed by atoms with Crippen molar-refractivity contribution in [3.63, 3.8) is 0 Å². The fourth-order valence-electron chi connectivity index (χ4n) is 4.22. The summed E-state index contributed by atoms with van der Waals surface area (Å²) in [6.07, 6.45) is 0. The number of benzene rings is 2. The summed E-state index contributed by atoms with van der Waals surface area (Å²) in [5.74, 6) is 0.958. The van der Waals surface area contributed by atoms with E-state index in [1.807, 2.05) is 24.3 Å². The van der Waals surface area contributed by atoms with Crippen LogP contribution in [-0.4, -0.2) is 55.7 Å². The number of nitrogens with zero attached hydrogens (tertiary/aromatic N) is 2. The molecule has 2 aliphatic rings. The van der Waals surface area contributed by atoms with Gasteiger partial charge < -0.3 is 24.1 Å². The van der Waals surface area contributed by atoms with Gasteiger partial charge in [0.1, 0.15) is 5.82 Å². The van der Waals surface area contributed by atoms with Crippen molar-refractivity contribution < 1.29 is 18.6 Å². The van der Waals surface area contributed by atoms with Gasteiger partial charge in [0.25, 0.3) is 5.56 Å². The summed E-state index contributed by atoms with van der Waals surface area (Å²) in [5.41, 5.74) is 2.03. The van der Waals surface area contributed by atoms with Gasteiger partial charge in [-0.25, -0.2) is 4.39 Å². The minimum atomic E-state index is -0.321. The van der Waals surface area contributed by atoms with Gasteiger partial charge in [-0.05, 0) is 29.8 Å². The average molecular weight is 439 g/mol. The second-order valence-electron chi connectivity index (χ2n) is 8.09. The minimum Gasteiger partial charge on any atom is -0.454 e. The van der Waals surface area contributed by atoms with Crippen LogP contribution in [0.4, 0.5) is 4.39 Å². The molecule has 7 nitrogen and oxygen atoms in total. The molecule has 3 aromatic rings. The highest BCUT2D eigenvalue weighted by Crippen LogP contribution is 2.36. The van der Waals surface area contributed by atoms with E-state index in [9.17, 15) is 9.18 Å². The molecule has 32 heavy (non-hydrogen) atoms. The second-order valence-corrected chi connectivity index (χ2v) is 8.09. The van der Waals surface area contributed by atoms with Crippen LogP contribution in [0.5, 0.6) is 11.5 Å². The first-order chi connectivity index (χ1) is 15.7. The average Bonchev–Trinajstić information content (AvgIpc) is 3.26. The van der Waals surface area contributed by atoms with Crippen LogP contribution in [0.25, 0.3) is 10.9 Å². The van der Waals surface area contributed by atoms with Gasteiger partial charge >= 0.3 is 0 Å². The molecule has 2 aromatic carbocycles. The number of pyridine rings is 1. The molecule has 1 aromatic heterocycles. The maximum atomic E-state index is 13.8. The normalized spacial score (nSPS) is 16.0. The number of fused-ring (bicyclic) bond motifs is 2. The molecule has 0 bridgehead atoms. The summed E-state index contributed by atoms with van der Waals surface area (Å²) in [6, 6.07) is 12.0. The molecule has 5 rings (SSSR count). The standard InChI is InChI=1S/C24H26FN3O4/c25-20-3-1-2-17(10-20)15-28-21-13-23-22(31-16-32-23)12-18(21)11-19(24(28)29)14-26-4-5-27-6-8-30-9-7-27/h1-3,10-13,26H,4-9,14-16H2. The summed E-state index contributed by atoms with van der Waals surface area (Å²) in [7, 11) is 0. The third-order valence-electron chi connectivity index (χ3n) is 5.92. The Hall–Kier alpha value is -2.94. The zero-order valence-electron chi connectivity index (χ0n) is 17.8. The number of nitrogens with one attached hydrogen (secondary N) is 1. The molecular weight excluding hydrogens is 413 g/mol. The van der Waals surface area contributed by atoms with Crippen LogP contribution in [0.15, 0.2) is 47.3 Å². The van der Waals surface area contributed by atoms with E-state index in [-0.39, 0.29) is 24.7 Å². The van der Waals surface area contributed by atoms with Crippen molar-refractivity contribution in [2.75, 3.05) is 46.2 Å². The lowest BCUT2D eigenvalue weighted by Crippen LogP contribution is -2.40. The van der Waals surface area contributed by atoms with E-state index >= 15 is 0 Å². The number of rotatable bonds is 7. The van der Waals surface area contributed by atoms with Crippen LogP contribution in [0.2, 0.25) is 0 Å². The molecule has 0 radical (unpaired) electrons. The van der Waals surface area contributed by atoms with Gasteiger partial charge in [0, 0.05) is 49.7 Å². The highest BCUT2D eigenvalue weighted by atomic mass is 19.1. The fourth-order valence-corrected chi connectivity index (χ4v) is 4.22. The zero-order chi connectivity index (χ0) is 21.9. The molecule has 8 heteroatoms. The molecule has 168 valence electrons. The smallest absolute Gasteiger partial charge is 0.255 e. The van der Waals surface area contributed by atoms with Crippen LogP contribution in [0.3, 0.4) is 0 Å². The second kappa shape index (κ2) is 9.28. The molecule has 0 amide bonds. The minimum absolute atomic E-state index is 0.0977. The van der Waals surface area contributed by atoms with Gasteiger partial charge in [-0.15, -0.1) is 0 Å².